The first-order valence-corrected chi connectivity index (χ1v) is 6.07. The smallest absolute Gasteiger partial charge is 0.113 e. The first-order valence-electron chi connectivity index (χ1n) is 3.68. The lowest BCUT2D eigenvalue weighted by atomic mass is 9.89. The Kier molecular flexibility index (Phi) is 4.37. The van der Waals surface area contributed by atoms with Gasteiger partial charge in [-0.15, -0.1) is 34.8 Å². The Morgan fingerprint density at radius 2 is 1.79 bits per heavy atom. The first kappa shape index (κ1) is 13.3. The molecule has 14 heavy (non-hydrogen) atoms. The van der Waals surface area contributed by atoms with Gasteiger partial charge >= 0.3 is 0 Å². The SMILES string of the molecule is CC1(Cl)C(Cl)=CC(Cl)=C(Cl)C1C(Cl)Cl. The maximum Gasteiger partial charge on any atom is 0.117 e. The molecule has 0 bridgehead atoms. The number of hydrogen-bond donors (Lipinski definition) is 0. The lowest BCUT2D eigenvalue weighted by Crippen LogP contribution is -2.36. The van der Waals surface area contributed by atoms with Gasteiger partial charge in [0.1, 0.15) is 4.84 Å². The molecular formula is C8H6Cl6. The van der Waals surface area contributed by atoms with Crippen LogP contribution >= 0.6 is 69.6 Å². The fraction of sp³-hybridized carbons (Fsp3) is 0.500. The summed E-state index contributed by atoms with van der Waals surface area (Å²) in [6, 6.07) is 0. The third-order valence-corrected chi connectivity index (χ3v) is 4.45. The van der Waals surface area contributed by atoms with Gasteiger partial charge in [0, 0.05) is 10.1 Å². The van der Waals surface area contributed by atoms with Gasteiger partial charge in [-0.3, -0.25) is 0 Å². The average Bonchev–Trinajstić information content (AvgIpc) is 2.00. The van der Waals surface area contributed by atoms with Gasteiger partial charge < -0.3 is 0 Å². The van der Waals surface area contributed by atoms with Crippen molar-refractivity contribution >= 4 is 69.6 Å². The monoisotopic (exact) mass is 312 g/mol. The predicted octanol–water partition coefficient (Wildman–Crippen LogP) is 5.23. The Morgan fingerprint density at radius 3 is 2.21 bits per heavy atom. The third-order valence-electron chi connectivity index (χ3n) is 2.06. The summed E-state index contributed by atoms with van der Waals surface area (Å²) in [6.07, 6.45) is 1.51. The molecule has 2 unspecified atom stereocenters. The van der Waals surface area contributed by atoms with E-state index in [0.717, 1.165) is 0 Å². The second kappa shape index (κ2) is 4.61. The molecule has 0 fully saturated rings. The summed E-state index contributed by atoms with van der Waals surface area (Å²) < 4.78 is 0. The van der Waals surface area contributed by atoms with Gasteiger partial charge in [0.05, 0.1) is 15.8 Å². The zero-order valence-electron chi connectivity index (χ0n) is 7.00. The molecule has 0 aliphatic heterocycles. The van der Waals surface area contributed by atoms with E-state index in [2.05, 4.69) is 0 Å². The minimum absolute atomic E-state index is 0.325. The maximum absolute atomic E-state index is 6.20. The van der Waals surface area contributed by atoms with Crippen LogP contribution in [0.2, 0.25) is 0 Å². The molecule has 1 rings (SSSR count). The van der Waals surface area contributed by atoms with E-state index in [9.17, 15) is 0 Å². The molecule has 1 aliphatic rings. The van der Waals surface area contributed by atoms with Crippen LogP contribution in [-0.2, 0) is 0 Å². The Bertz CT molecular complexity index is 301. The maximum atomic E-state index is 6.20. The van der Waals surface area contributed by atoms with Crippen LogP contribution in [0.4, 0.5) is 0 Å². The predicted molar refractivity (Wildman–Crippen MR) is 65.9 cm³/mol. The molecule has 0 aromatic heterocycles. The largest absolute Gasteiger partial charge is 0.117 e. The van der Waals surface area contributed by atoms with Gasteiger partial charge in [-0.2, -0.15) is 0 Å². The fourth-order valence-electron chi connectivity index (χ4n) is 1.20. The zero-order chi connectivity index (χ0) is 11.1. The van der Waals surface area contributed by atoms with Gasteiger partial charge in [0.15, 0.2) is 0 Å². The van der Waals surface area contributed by atoms with Crippen LogP contribution in [0.15, 0.2) is 21.2 Å². The highest BCUT2D eigenvalue weighted by atomic mass is 35.5. The van der Waals surface area contributed by atoms with Crippen molar-refractivity contribution in [3.05, 3.63) is 21.2 Å². The van der Waals surface area contributed by atoms with Gasteiger partial charge in [0.25, 0.3) is 0 Å². The lowest BCUT2D eigenvalue weighted by Gasteiger charge is -2.35. The van der Waals surface area contributed by atoms with Crippen molar-refractivity contribution in [1.29, 1.82) is 0 Å². The summed E-state index contributed by atoms with van der Waals surface area (Å²) in [6.45, 7) is 1.70. The summed E-state index contributed by atoms with van der Waals surface area (Å²) in [5, 5.41) is 1.04. The van der Waals surface area contributed by atoms with Crippen molar-refractivity contribution < 1.29 is 0 Å². The van der Waals surface area contributed by atoms with E-state index >= 15 is 0 Å². The first-order chi connectivity index (χ1) is 6.28. The van der Waals surface area contributed by atoms with Crippen LogP contribution in [0.1, 0.15) is 6.92 Å². The van der Waals surface area contributed by atoms with Gasteiger partial charge in [0.2, 0.25) is 0 Å². The Labute approximate surface area is 113 Å². The number of alkyl halides is 3. The normalized spacial score (nSPS) is 33.7. The Hall–Kier alpha value is 1.22. The molecule has 0 aromatic carbocycles. The van der Waals surface area contributed by atoms with E-state index in [-0.39, 0.29) is 0 Å². The van der Waals surface area contributed by atoms with E-state index in [0.29, 0.717) is 15.1 Å². The molecule has 6 heteroatoms. The van der Waals surface area contributed by atoms with Crippen LogP contribution < -0.4 is 0 Å². The van der Waals surface area contributed by atoms with Crippen molar-refractivity contribution in [3.63, 3.8) is 0 Å². The quantitative estimate of drug-likeness (QED) is 0.581. The van der Waals surface area contributed by atoms with Crippen LogP contribution in [0.25, 0.3) is 0 Å². The van der Waals surface area contributed by atoms with Gasteiger partial charge in [-0.05, 0) is 13.0 Å². The molecule has 80 valence electrons. The second-order valence-corrected chi connectivity index (χ2v) is 6.25. The minimum Gasteiger partial charge on any atom is -0.113 e. The van der Waals surface area contributed by atoms with E-state index in [1.54, 1.807) is 6.92 Å². The fourth-order valence-corrected chi connectivity index (χ4v) is 3.47. The molecule has 0 N–H and O–H groups in total. The Balaban J connectivity index is 3.22. The molecule has 0 saturated carbocycles. The molecule has 0 nitrogen and oxygen atoms in total. The number of halogens is 6. The molecule has 0 amide bonds. The molecule has 0 spiro atoms. The van der Waals surface area contributed by atoms with Gasteiger partial charge in [-0.1, -0.05) is 34.8 Å². The van der Waals surface area contributed by atoms with Crippen molar-refractivity contribution in [1.82, 2.24) is 0 Å². The molecule has 0 aromatic rings. The van der Waals surface area contributed by atoms with E-state index in [1.165, 1.54) is 6.08 Å². The van der Waals surface area contributed by atoms with Gasteiger partial charge in [-0.25, -0.2) is 0 Å². The number of rotatable bonds is 1. The van der Waals surface area contributed by atoms with Crippen molar-refractivity contribution in [2.45, 2.75) is 16.6 Å². The highest BCUT2D eigenvalue weighted by Crippen LogP contribution is 2.49. The summed E-state index contributed by atoms with van der Waals surface area (Å²) in [7, 11) is 0. The van der Waals surface area contributed by atoms with Crippen LogP contribution in [0, 0.1) is 5.92 Å². The molecule has 0 saturated heterocycles. The molecule has 0 radical (unpaired) electrons. The van der Waals surface area contributed by atoms with Crippen molar-refractivity contribution in [2.24, 2.45) is 5.92 Å². The summed E-state index contributed by atoms with van der Waals surface area (Å²) in [5.74, 6) is -0.501. The third kappa shape index (κ3) is 2.31. The standard InChI is InChI=1S/C8H6Cl6/c1-8(14)4(10)2-3(9)6(11)5(8)7(12)13/h2,5,7H,1H3. The van der Waals surface area contributed by atoms with E-state index in [4.69, 9.17) is 69.6 Å². The highest BCUT2D eigenvalue weighted by molar-refractivity contribution is 6.50. The van der Waals surface area contributed by atoms with Crippen molar-refractivity contribution in [2.75, 3.05) is 0 Å². The summed E-state index contributed by atoms with van der Waals surface area (Å²) in [5.41, 5.74) is 0. The molecular weight excluding hydrogens is 309 g/mol. The molecule has 1 aliphatic carbocycles. The minimum atomic E-state index is -0.912. The van der Waals surface area contributed by atoms with Crippen molar-refractivity contribution in [3.8, 4) is 0 Å². The summed E-state index contributed by atoms with van der Waals surface area (Å²) in [4.78, 5) is -1.67. The summed E-state index contributed by atoms with van der Waals surface area (Å²) >= 11 is 35.5. The zero-order valence-corrected chi connectivity index (χ0v) is 11.5. The second-order valence-electron chi connectivity index (χ2n) is 3.08. The lowest BCUT2D eigenvalue weighted by molar-refractivity contribution is 0.553. The number of hydrogen-bond acceptors (Lipinski definition) is 0. The highest BCUT2D eigenvalue weighted by Gasteiger charge is 2.44. The molecule has 2 atom stereocenters. The molecule has 0 heterocycles. The van der Waals surface area contributed by atoms with E-state index in [1.807, 2.05) is 0 Å². The number of allylic oxidation sites excluding steroid dienone is 4. The average molecular weight is 315 g/mol. The van der Waals surface area contributed by atoms with Crippen LogP contribution in [-0.4, -0.2) is 9.71 Å². The van der Waals surface area contributed by atoms with E-state index < -0.39 is 15.6 Å². The Morgan fingerprint density at radius 1 is 1.29 bits per heavy atom. The van der Waals surface area contributed by atoms with Crippen LogP contribution in [0.3, 0.4) is 0 Å². The topological polar surface area (TPSA) is 0 Å². The van der Waals surface area contributed by atoms with Crippen LogP contribution in [0.5, 0.6) is 0 Å².